The summed E-state index contributed by atoms with van der Waals surface area (Å²) in [5.74, 6) is 0. The van der Waals surface area contributed by atoms with Gasteiger partial charge in [0.05, 0.1) is 11.6 Å². The molecule has 0 spiro atoms. The van der Waals surface area contributed by atoms with Crippen molar-refractivity contribution in [1.82, 2.24) is 0 Å². The van der Waals surface area contributed by atoms with E-state index in [9.17, 15) is 0 Å². The zero-order valence-electron chi connectivity index (χ0n) is 5.84. The van der Waals surface area contributed by atoms with Crippen LogP contribution in [-0.4, -0.2) is 0 Å². The average molecular weight is 208 g/mol. The molecule has 0 amide bonds. The number of halogens is 1. The third-order valence-electron chi connectivity index (χ3n) is 1.33. The van der Waals surface area contributed by atoms with Gasteiger partial charge < -0.3 is 0 Å². The summed E-state index contributed by atoms with van der Waals surface area (Å²) in [5.41, 5.74) is 1.34. The van der Waals surface area contributed by atoms with Crippen LogP contribution in [0, 0.1) is 11.3 Å². The van der Waals surface area contributed by atoms with Crippen molar-refractivity contribution in [2.24, 2.45) is 0 Å². The highest BCUT2D eigenvalue weighted by Gasteiger charge is 2.00. The highest BCUT2D eigenvalue weighted by Crippen LogP contribution is 2.21. The Hall–Kier alpha value is -1.07. The van der Waals surface area contributed by atoms with E-state index in [2.05, 4.69) is 22.5 Å². The van der Waals surface area contributed by atoms with Gasteiger partial charge in [-0.15, -0.1) is 0 Å². The molecule has 54 valence electrons. The summed E-state index contributed by atoms with van der Waals surface area (Å²) in [7, 11) is 0. The van der Waals surface area contributed by atoms with Gasteiger partial charge in [-0.3, -0.25) is 0 Å². The monoisotopic (exact) mass is 207 g/mol. The zero-order chi connectivity index (χ0) is 8.27. The van der Waals surface area contributed by atoms with Crippen LogP contribution < -0.4 is 0 Å². The summed E-state index contributed by atoms with van der Waals surface area (Å²) in [5, 5.41) is 8.54. The molecule has 0 bridgehead atoms. The maximum absolute atomic E-state index is 8.54. The highest BCUT2D eigenvalue weighted by atomic mass is 79.9. The fourth-order valence-corrected chi connectivity index (χ4v) is 1.29. The second-order valence-corrected chi connectivity index (χ2v) is 2.92. The van der Waals surface area contributed by atoms with Gasteiger partial charge in [-0.25, -0.2) is 0 Å². The summed E-state index contributed by atoms with van der Waals surface area (Å²) in [6, 6.07) is 9.52. The first-order valence-electron chi connectivity index (χ1n) is 3.09. The van der Waals surface area contributed by atoms with Gasteiger partial charge in [0.2, 0.25) is 0 Å². The van der Waals surface area contributed by atoms with Gasteiger partial charge in [0.15, 0.2) is 0 Å². The van der Waals surface area contributed by atoms with Crippen molar-refractivity contribution < 1.29 is 0 Å². The minimum Gasteiger partial charge on any atom is -0.192 e. The summed E-state index contributed by atoms with van der Waals surface area (Å²) in [4.78, 5) is 0. The number of nitriles is 1. The van der Waals surface area contributed by atoms with Gasteiger partial charge in [0.25, 0.3) is 0 Å². The molecule has 1 aromatic rings. The molecule has 0 saturated heterocycles. The first-order chi connectivity index (χ1) is 5.25. The van der Waals surface area contributed by atoms with E-state index in [0.717, 1.165) is 10.0 Å². The molecule has 0 aliphatic heterocycles. The van der Waals surface area contributed by atoms with Crippen LogP contribution in [0.25, 0.3) is 5.57 Å². The number of rotatable bonds is 1. The third kappa shape index (κ3) is 1.69. The Morgan fingerprint density at radius 1 is 1.45 bits per heavy atom. The van der Waals surface area contributed by atoms with Crippen molar-refractivity contribution in [1.29, 1.82) is 5.26 Å². The predicted octanol–water partition coefficient (Wildman–Crippen LogP) is 2.99. The molecule has 1 nitrogen and oxygen atoms in total. The highest BCUT2D eigenvalue weighted by molar-refractivity contribution is 9.10. The van der Waals surface area contributed by atoms with E-state index in [0.29, 0.717) is 5.57 Å². The van der Waals surface area contributed by atoms with Crippen LogP contribution in [0.3, 0.4) is 0 Å². The molecule has 0 unspecified atom stereocenters. The fraction of sp³-hybridized carbons (Fsp3) is 0. The maximum Gasteiger partial charge on any atom is 0.0992 e. The quantitative estimate of drug-likeness (QED) is 0.650. The van der Waals surface area contributed by atoms with Gasteiger partial charge in [-0.05, 0) is 6.07 Å². The summed E-state index contributed by atoms with van der Waals surface area (Å²) < 4.78 is 0.909. The van der Waals surface area contributed by atoms with Crippen molar-refractivity contribution in [3.63, 3.8) is 0 Å². The van der Waals surface area contributed by atoms with E-state index in [-0.39, 0.29) is 0 Å². The van der Waals surface area contributed by atoms with Gasteiger partial charge >= 0.3 is 0 Å². The molecule has 11 heavy (non-hydrogen) atoms. The molecule has 0 aromatic heterocycles. The van der Waals surface area contributed by atoms with E-state index >= 15 is 0 Å². The Morgan fingerprint density at radius 2 is 2.09 bits per heavy atom. The fourth-order valence-electron chi connectivity index (χ4n) is 0.766. The van der Waals surface area contributed by atoms with Gasteiger partial charge in [0.1, 0.15) is 0 Å². The summed E-state index contributed by atoms with van der Waals surface area (Å²) in [6.45, 7) is 3.61. The lowest BCUT2D eigenvalue weighted by Crippen LogP contribution is -1.79. The van der Waals surface area contributed by atoms with E-state index in [1.54, 1.807) is 0 Å². The number of benzene rings is 1. The topological polar surface area (TPSA) is 23.8 Å². The molecule has 1 rings (SSSR count). The van der Waals surface area contributed by atoms with Crippen molar-refractivity contribution >= 4 is 21.5 Å². The second kappa shape index (κ2) is 3.36. The van der Waals surface area contributed by atoms with Crippen LogP contribution in [0.15, 0.2) is 35.3 Å². The van der Waals surface area contributed by atoms with Crippen LogP contribution in [0.1, 0.15) is 5.56 Å². The minimum atomic E-state index is 0.484. The van der Waals surface area contributed by atoms with Crippen LogP contribution >= 0.6 is 15.9 Å². The van der Waals surface area contributed by atoms with Crippen molar-refractivity contribution in [3.05, 3.63) is 40.9 Å². The number of hydrogen-bond donors (Lipinski definition) is 0. The van der Waals surface area contributed by atoms with E-state index < -0.39 is 0 Å². The molecular formula is C9H6BrN. The molecule has 1 aromatic carbocycles. The molecule has 0 aliphatic rings. The van der Waals surface area contributed by atoms with E-state index in [4.69, 9.17) is 5.26 Å². The summed E-state index contributed by atoms with van der Waals surface area (Å²) in [6.07, 6.45) is 0. The lowest BCUT2D eigenvalue weighted by atomic mass is 10.1. The largest absolute Gasteiger partial charge is 0.192 e. The van der Waals surface area contributed by atoms with Crippen molar-refractivity contribution in [2.75, 3.05) is 0 Å². The molecule has 0 saturated carbocycles. The first-order valence-corrected chi connectivity index (χ1v) is 3.89. The Morgan fingerprint density at radius 3 is 2.64 bits per heavy atom. The predicted molar refractivity (Wildman–Crippen MR) is 48.8 cm³/mol. The zero-order valence-corrected chi connectivity index (χ0v) is 7.43. The lowest BCUT2D eigenvalue weighted by Gasteiger charge is -1.98. The van der Waals surface area contributed by atoms with Crippen LogP contribution in [0.2, 0.25) is 0 Å². The average Bonchev–Trinajstić information content (AvgIpc) is 2.04. The van der Waals surface area contributed by atoms with Gasteiger partial charge in [0, 0.05) is 10.0 Å². The second-order valence-electron chi connectivity index (χ2n) is 2.07. The Bertz CT molecular complexity index is 323. The molecule has 0 radical (unpaired) electrons. The molecule has 0 N–H and O–H groups in total. The minimum absolute atomic E-state index is 0.484. The molecule has 0 aliphatic carbocycles. The SMILES string of the molecule is C=C(C#N)c1ccccc1Br. The standard InChI is InChI=1S/C9H6BrN/c1-7(6-11)8-4-2-3-5-9(8)10/h2-5H,1H2. The van der Waals surface area contributed by atoms with Crippen LogP contribution in [-0.2, 0) is 0 Å². The Labute approximate surface area is 74.1 Å². The van der Waals surface area contributed by atoms with Crippen LogP contribution in [0.4, 0.5) is 0 Å². The lowest BCUT2D eigenvalue weighted by molar-refractivity contribution is 1.51. The van der Waals surface area contributed by atoms with Crippen molar-refractivity contribution in [3.8, 4) is 6.07 Å². The smallest absolute Gasteiger partial charge is 0.0992 e. The third-order valence-corrected chi connectivity index (χ3v) is 2.03. The first kappa shape index (κ1) is 8.03. The number of hydrogen-bond acceptors (Lipinski definition) is 1. The number of allylic oxidation sites excluding steroid dienone is 1. The maximum atomic E-state index is 8.54. The Balaban J connectivity index is 3.16. The van der Waals surface area contributed by atoms with Gasteiger partial charge in [-0.2, -0.15) is 5.26 Å². The molecule has 2 heteroatoms. The summed E-state index contributed by atoms with van der Waals surface area (Å²) >= 11 is 3.33. The van der Waals surface area contributed by atoms with E-state index in [1.165, 1.54) is 0 Å². The van der Waals surface area contributed by atoms with E-state index in [1.807, 2.05) is 30.3 Å². The van der Waals surface area contributed by atoms with Gasteiger partial charge in [-0.1, -0.05) is 40.7 Å². The molecular weight excluding hydrogens is 202 g/mol. The normalized spacial score (nSPS) is 8.73. The Kier molecular flexibility index (Phi) is 2.45. The van der Waals surface area contributed by atoms with Crippen molar-refractivity contribution in [2.45, 2.75) is 0 Å². The number of nitrogens with zero attached hydrogens (tertiary/aromatic N) is 1. The molecule has 0 heterocycles. The molecule has 0 atom stereocenters. The molecule has 0 fully saturated rings. The van der Waals surface area contributed by atoms with Crippen LogP contribution in [0.5, 0.6) is 0 Å².